The van der Waals surface area contributed by atoms with Crippen LogP contribution in [0.2, 0.25) is 0 Å². The molecule has 2 amide bonds. The van der Waals surface area contributed by atoms with Crippen molar-refractivity contribution in [2.45, 2.75) is 26.2 Å². The predicted molar refractivity (Wildman–Crippen MR) is 126 cm³/mol. The number of carbonyl (C=O) groups is 2. The predicted octanol–water partition coefficient (Wildman–Crippen LogP) is 4.35. The topological polar surface area (TPSA) is 62.3 Å². The van der Waals surface area contributed by atoms with Gasteiger partial charge in [-0.25, -0.2) is 0 Å². The van der Waals surface area contributed by atoms with Crippen LogP contribution in [0.3, 0.4) is 0 Å². The van der Waals surface area contributed by atoms with E-state index in [2.05, 4.69) is 46.7 Å². The largest absolute Gasteiger partial charge is 0.356 e. The van der Waals surface area contributed by atoms with Crippen molar-refractivity contribution in [3.8, 4) is 11.1 Å². The van der Waals surface area contributed by atoms with Crippen molar-refractivity contribution in [2.24, 2.45) is 5.41 Å². The lowest BCUT2D eigenvalue weighted by Gasteiger charge is -2.41. The molecule has 0 bridgehead atoms. The Labute approximate surface area is 189 Å². The van der Waals surface area contributed by atoms with Crippen LogP contribution in [0.5, 0.6) is 0 Å². The number of rotatable bonds is 6. The smallest absolute Gasteiger partial charge is 0.253 e. The molecule has 1 N–H and O–H groups in total. The van der Waals surface area contributed by atoms with E-state index >= 15 is 0 Å². The summed E-state index contributed by atoms with van der Waals surface area (Å²) in [5, 5.41) is 3.05. The molecule has 2 aromatic carbocycles. The van der Waals surface area contributed by atoms with Crippen LogP contribution in [-0.4, -0.2) is 41.3 Å². The lowest BCUT2D eigenvalue weighted by atomic mass is 9.72. The Hall–Kier alpha value is -3.47. The van der Waals surface area contributed by atoms with Gasteiger partial charge in [-0.15, -0.1) is 0 Å². The van der Waals surface area contributed by atoms with Crippen LogP contribution in [0, 0.1) is 5.41 Å². The average Bonchev–Trinajstić information content (AvgIpc) is 2.85. The summed E-state index contributed by atoms with van der Waals surface area (Å²) in [6.45, 7) is 3.68. The van der Waals surface area contributed by atoms with Crippen LogP contribution in [0.25, 0.3) is 11.1 Å². The van der Waals surface area contributed by atoms with Gasteiger partial charge in [0.05, 0.1) is 5.41 Å². The summed E-state index contributed by atoms with van der Waals surface area (Å²) < 4.78 is 0. The first kappa shape index (κ1) is 21.8. The van der Waals surface area contributed by atoms with Crippen LogP contribution >= 0.6 is 0 Å². The molecule has 3 aromatic rings. The fraction of sp³-hybridized carbons (Fsp3) is 0.296. The summed E-state index contributed by atoms with van der Waals surface area (Å²) in [7, 11) is 0. The molecule has 1 saturated heterocycles. The highest BCUT2D eigenvalue weighted by Gasteiger charge is 2.42. The van der Waals surface area contributed by atoms with E-state index < -0.39 is 5.41 Å². The van der Waals surface area contributed by atoms with E-state index in [4.69, 9.17) is 0 Å². The normalized spacial score (nSPS) is 15.2. The molecule has 1 fully saturated rings. The molecule has 0 atom stereocenters. The van der Waals surface area contributed by atoms with Gasteiger partial charge in [0.25, 0.3) is 5.91 Å². The number of benzene rings is 2. The van der Waals surface area contributed by atoms with Crippen molar-refractivity contribution in [3.05, 3.63) is 90.3 Å². The molecule has 1 aromatic heterocycles. The van der Waals surface area contributed by atoms with E-state index in [1.807, 2.05) is 30.0 Å². The highest BCUT2D eigenvalue weighted by atomic mass is 16.2. The number of likely N-dealkylation sites (tertiary alicyclic amines) is 1. The number of aromatic nitrogens is 1. The molecule has 1 aliphatic heterocycles. The molecule has 164 valence electrons. The summed E-state index contributed by atoms with van der Waals surface area (Å²) in [5.41, 5.74) is 3.59. The highest BCUT2D eigenvalue weighted by Crippen LogP contribution is 2.37. The molecule has 0 unspecified atom stereocenters. The number of pyridine rings is 1. The van der Waals surface area contributed by atoms with Gasteiger partial charge >= 0.3 is 0 Å². The molecule has 2 heterocycles. The van der Waals surface area contributed by atoms with Crippen LogP contribution in [0.4, 0.5) is 0 Å². The van der Waals surface area contributed by atoms with Crippen molar-refractivity contribution in [1.82, 2.24) is 15.2 Å². The van der Waals surface area contributed by atoms with Crippen molar-refractivity contribution in [2.75, 3.05) is 19.6 Å². The zero-order chi connectivity index (χ0) is 22.4. The minimum absolute atomic E-state index is 0.00275. The van der Waals surface area contributed by atoms with E-state index in [1.54, 1.807) is 24.5 Å². The second-order valence-electron chi connectivity index (χ2n) is 8.41. The number of hydrogen-bond acceptors (Lipinski definition) is 3. The van der Waals surface area contributed by atoms with E-state index in [0.717, 1.165) is 11.1 Å². The number of nitrogens with zero attached hydrogens (tertiary/aromatic N) is 2. The van der Waals surface area contributed by atoms with Crippen LogP contribution in [0.15, 0.2) is 79.1 Å². The maximum absolute atomic E-state index is 13.2. The van der Waals surface area contributed by atoms with Gasteiger partial charge in [-0.3, -0.25) is 14.6 Å². The van der Waals surface area contributed by atoms with E-state index in [-0.39, 0.29) is 11.8 Å². The third kappa shape index (κ3) is 4.72. The molecular weight excluding hydrogens is 398 g/mol. The first-order valence-corrected chi connectivity index (χ1v) is 11.2. The lowest BCUT2D eigenvalue weighted by molar-refractivity contribution is -0.133. The van der Waals surface area contributed by atoms with Gasteiger partial charge in [-0.05, 0) is 55.0 Å². The molecule has 5 heteroatoms. The fourth-order valence-corrected chi connectivity index (χ4v) is 4.53. The number of piperidine rings is 1. The van der Waals surface area contributed by atoms with Crippen LogP contribution in [-0.2, 0) is 11.2 Å². The molecular formula is C27H29N3O2. The highest BCUT2D eigenvalue weighted by molar-refractivity contribution is 5.94. The quantitative estimate of drug-likeness (QED) is 0.636. The van der Waals surface area contributed by atoms with Gasteiger partial charge in [0.2, 0.25) is 5.91 Å². The maximum Gasteiger partial charge on any atom is 0.253 e. The second-order valence-corrected chi connectivity index (χ2v) is 8.41. The standard InChI is InChI=1S/C27H29N3O2/c1-2-29-26(32)27(13-17-30(18-14-27)25(31)23-11-15-28-16-12-23)20-21-7-6-10-24(19-21)22-8-4-3-5-9-22/h3-12,15-16,19H,2,13-14,17-18,20H2,1H3,(H,29,32). The van der Waals surface area contributed by atoms with E-state index in [0.29, 0.717) is 44.5 Å². The van der Waals surface area contributed by atoms with Crippen LogP contribution in [0.1, 0.15) is 35.7 Å². The summed E-state index contributed by atoms with van der Waals surface area (Å²) in [6, 6.07) is 22.2. The molecule has 4 rings (SSSR count). The van der Waals surface area contributed by atoms with E-state index in [9.17, 15) is 9.59 Å². The summed E-state index contributed by atoms with van der Waals surface area (Å²) >= 11 is 0. The molecule has 5 nitrogen and oxygen atoms in total. The van der Waals surface area contributed by atoms with Gasteiger partial charge in [0, 0.05) is 37.6 Å². The van der Waals surface area contributed by atoms with Gasteiger partial charge in [-0.2, -0.15) is 0 Å². The van der Waals surface area contributed by atoms with Crippen molar-refractivity contribution in [3.63, 3.8) is 0 Å². The van der Waals surface area contributed by atoms with Crippen molar-refractivity contribution < 1.29 is 9.59 Å². The molecule has 0 aliphatic carbocycles. The third-order valence-electron chi connectivity index (χ3n) is 6.33. The molecule has 32 heavy (non-hydrogen) atoms. The van der Waals surface area contributed by atoms with Gasteiger partial charge in [0.15, 0.2) is 0 Å². The monoisotopic (exact) mass is 427 g/mol. The zero-order valence-corrected chi connectivity index (χ0v) is 18.5. The second kappa shape index (κ2) is 9.77. The van der Waals surface area contributed by atoms with Gasteiger partial charge in [-0.1, -0.05) is 54.6 Å². The maximum atomic E-state index is 13.2. The third-order valence-corrected chi connectivity index (χ3v) is 6.33. The van der Waals surface area contributed by atoms with Gasteiger partial charge < -0.3 is 10.2 Å². The van der Waals surface area contributed by atoms with E-state index in [1.165, 1.54) is 5.56 Å². The Morgan fingerprint density at radius 3 is 2.31 bits per heavy atom. The summed E-state index contributed by atoms with van der Waals surface area (Å²) in [5.74, 6) is 0.0871. The average molecular weight is 428 g/mol. The minimum Gasteiger partial charge on any atom is -0.356 e. The number of amides is 2. The Morgan fingerprint density at radius 1 is 0.938 bits per heavy atom. The molecule has 0 spiro atoms. The Kier molecular flexibility index (Phi) is 6.64. The Balaban J connectivity index is 1.54. The zero-order valence-electron chi connectivity index (χ0n) is 18.5. The first-order valence-electron chi connectivity index (χ1n) is 11.2. The molecule has 0 saturated carbocycles. The summed E-state index contributed by atoms with van der Waals surface area (Å²) in [4.78, 5) is 31.9. The molecule has 0 radical (unpaired) electrons. The first-order chi connectivity index (χ1) is 15.6. The number of carbonyl (C=O) groups excluding carboxylic acids is 2. The van der Waals surface area contributed by atoms with Gasteiger partial charge in [0.1, 0.15) is 0 Å². The Morgan fingerprint density at radius 2 is 1.62 bits per heavy atom. The summed E-state index contributed by atoms with van der Waals surface area (Å²) in [6.07, 6.45) is 5.22. The molecule has 1 aliphatic rings. The fourth-order valence-electron chi connectivity index (χ4n) is 4.53. The van der Waals surface area contributed by atoms with Crippen molar-refractivity contribution in [1.29, 1.82) is 0 Å². The SMILES string of the molecule is CCNC(=O)C1(Cc2cccc(-c3ccccc3)c2)CCN(C(=O)c2ccncc2)CC1. The van der Waals surface area contributed by atoms with Crippen molar-refractivity contribution >= 4 is 11.8 Å². The lowest BCUT2D eigenvalue weighted by Crippen LogP contribution is -2.51. The number of nitrogens with one attached hydrogen (secondary N) is 1. The number of hydrogen-bond donors (Lipinski definition) is 1. The van der Waals surface area contributed by atoms with Crippen LogP contribution < -0.4 is 5.32 Å². The Bertz CT molecular complexity index is 1060. The minimum atomic E-state index is -0.514.